The number of rotatable bonds is 2. The molecular formula is C18H15FN2O2. The quantitative estimate of drug-likeness (QED) is 0.927. The number of nitrogens with zero attached hydrogens (tertiary/aromatic N) is 2. The number of carbonyl (C=O) groups excluding carboxylic acids is 1. The van der Waals surface area contributed by atoms with Gasteiger partial charge in [0.1, 0.15) is 5.82 Å². The molecule has 116 valence electrons. The number of halogens is 1. The number of β-amino-alcohol motifs (C(OH)–C–C–N with tert-alkyl or cyclic N) is 1. The van der Waals surface area contributed by atoms with Gasteiger partial charge in [-0.2, -0.15) is 5.26 Å². The second-order valence-electron chi connectivity index (χ2n) is 5.61. The van der Waals surface area contributed by atoms with E-state index in [1.807, 2.05) is 6.07 Å². The molecule has 1 N–H and O–H groups in total. The Kier molecular flexibility index (Phi) is 4.09. The van der Waals surface area contributed by atoms with Gasteiger partial charge in [0.25, 0.3) is 5.91 Å². The summed E-state index contributed by atoms with van der Waals surface area (Å²) in [6, 6.07) is 14.1. The average Bonchev–Trinajstić information content (AvgIpc) is 2.96. The number of hydrogen-bond donors (Lipinski definition) is 1. The van der Waals surface area contributed by atoms with Gasteiger partial charge < -0.3 is 10.0 Å². The lowest BCUT2D eigenvalue weighted by Crippen LogP contribution is -2.31. The summed E-state index contributed by atoms with van der Waals surface area (Å²) in [5.41, 5.74) is 1.60. The van der Waals surface area contributed by atoms with Gasteiger partial charge in [0.15, 0.2) is 0 Å². The van der Waals surface area contributed by atoms with E-state index in [0.717, 1.165) is 5.56 Å². The SMILES string of the molecule is N#Cc1cccc(C(=O)N2CC(O)CC2c2ccc(F)cc2)c1. The van der Waals surface area contributed by atoms with Gasteiger partial charge >= 0.3 is 0 Å². The molecule has 0 saturated carbocycles. The predicted octanol–water partition coefficient (Wildman–Crippen LogP) is 2.65. The predicted molar refractivity (Wildman–Crippen MR) is 82.0 cm³/mol. The van der Waals surface area contributed by atoms with Crippen molar-refractivity contribution in [1.29, 1.82) is 5.26 Å². The summed E-state index contributed by atoms with van der Waals surface area (Å²) in [5.74, 6) is -0.583. The van der Waals surface area contributed by atoms with Crippen molar-refractivity contribution in [2.24, 2.45) is 0 Å². The van der Waals surface area contributed by atoms with Crippen LogP contribution in [0, 0.1) is 17.1 Å². The van der Waals surface area contributed by atoms with Crippen molar-refractivity contribution < 1.29 is 14.3 Å². The maximum Gasteiger partial charge on any atom is 0.254 e. The third-order valence-corrected chi connectivity index (χ3v) is 4.03. The fraction of sp³-hybridized carbons (Fsp3) is 0.222. The van der Waals surface area contributed by atoms with E-state index in [1.165, 1.54) is 18.2 Å². The van der Waals surface area contributed by atoms with Crippen LogP contribution in [0.4, 0.5) is 4.39 Å². The fourth-order valence-electron chi connectivity index (χ4n) is 2.93. The summed E-state index contributed by atoms with van der Waals surface area (Å²) < 4.78 is 13.1. The van der Waals surface area contributed by atoms with E-state index in [-0.39, 0.29) is 24.3 Å². The lowest BCUT2D eigenvalue weighted by atomic mass is 10.0. The van der Waals surface area contributed by atoms with E-state index in [4.69, 9.17) is 5.26 Å². The van der Waals surface area contributed by atoms with Crippen LogP contribution >= 0.6 is 0 Å². The molecule has 1 amide bonds. The minimum Gasteiger partial charge on any atom is -0.391 e. The molecule has 1 aliphatic rings. The first-order valence-corrected chi connectivity index (χ1v) is 7.33. The number of likely N-dealkylation sites (tertiary alicyclic amines) is 1. The first-order valence-electron chi connectivity index (χ1n) is 7.33. The van der Waals surface area contributed by atoms with Crippen LogP contribution in [0.3, 0.4) is 0 Å². The number of aliphatic hydroxyl groups excluding tert-OH is 1. The summed E-state index contributed by atoms with van der Waals surface area (Å²) in [5, 5.41) is 18.9. The van der Waals surface area contributed by atoms with Gasteiger partial charge in [-0.05, 0) is 42.3 Å². The third-order valence-electron chi connectivity index (χ3n) is 4.03. The van der Waals surface area contributed by atoms with Gasteiger partial charge in [-0.3, -0.25) is 4.79 Å². The van der Waals surface area contributed by atoms with E-state index in [1.54, 1.807) is 35.2 Å². The zero-order valence-electron chi connectivity index (χ0n) is 12.3. The van der Waals surface area contributed by atoms with Crippen LogP contribution in [0.1, 0.15) is 33.9 Å². The molecular weight excluding hydrogens is 295 g/mol. The topological polar surface area (TPSA) is 64.3 Å². The zero-order chi connectivity index (χ0) is 16.4. The summed E-state index contributed by atoms with van der Waals surface area (Å²) in [4.78, 5) is 14.3. The monoisotopic (exact) mass is 310 g/mol. The van der Waals surface area contributed by atoms with Crippen molar-refractivity contribution in [2.75, 3.05) is 6.54 Å². The van der Waals surface area contributed by atoms with Crippen molar-refractivity contribution >= 4 is 5.91 Å². The molecule has 0 spiro atoms. The van der Waals surface area contributed by atoms with E-state index in [9.17, 15) is 14.3 Å². The molecule has 23 heavy (non-hydrogen) atoms. The number of benzene rings is 2. The molecule has 2 unspecified atom stereocenters. The van der Waals surface area contributed by atoms with Gasteiger partial charge in [0.05, 0.1) is 23.8 Å². The lowest BCUT2D eigenvalue weighted by molar-refractivity contribution is 0.0716. The molecule has 0 aromatic heterocycles. The van der Waals surface area contributed by atoms with Crippen LogP contribution in [-0.2, 0) is 0 Å². The average molecular weight is 310 g/mol. The first kappa shape index (κ1) is 15.2. The molecule has 1 fully saturated rings. The minimum absolute atomic E-state index is 0.220. The number of hydrogen-bond acceptors (Lipinski definition) is 3. The molecule has 2 aromatic rings. The van der Waals surface area contributed by atoms with Crippen molar-refractivity contribution in [2.45, 2.75) is 18.6 Å². The molecule has 2 aromatic carbocycles. The third kappa shape index (κ3) is 3.08. The number of aliphatic hydroxyl groups is 1. The maximum atomic E-state index is 13.1. The molecule has 1 heterocycles. The molecule has 0 radical (unpaired) electrons. The second kappa shape index (κ2) is 6.19. The molecule has 5 heteroatoms. The Balaban J connectivity index is 1.91. The van der Waals surface area contributed by atoms with E-state index in [2.05, 4.69) is 0 Å². The normalized spacial score (nSPS) is 20.3. The Hall–Kier alpha value is -2.71. The van der Waals surface area contributed by atoms with Gasteiger partial charge in [0.2, 0.25) is 0 Å². The van der Waals surface area contributed by atoms with Crippen LogP contribution in [0.5, 0.6) is 0 Å². The second-order valence-corrected chi connectivity index (χ2v) is 5.61. The van der Waals surface area contributed by atoms with E-state index in [0.29, 0.717) is 17.5 Å². The molecule has 0 bridgehead atoms. The van der Waals surface area contributed by atoms with Gasteiger partial charge in [-0.15, -0.1) is 0 Å². The van der Waals surface area contributed by atoms with Gasteiger partial charge in [-0.1, -0.05) is 18.2 Å². The van der Waals surface area contributed by atoms with Crippen LogP contribution in [0.25, 0.3) is 0 Å². The Morgan fingerprint density at radius 3 is 2.70 bits per heavy atom. The van der Waals surface area contributed by atoms with Crippen molar-refractivity contribution in [3.05, 3.63) is 71.0 Å². The summed E-state index contributed by atoms with van der Waals surface area (Å²) in [7, 11) is 0. The maximum absolute atomic E-state index is 13.1. The van der Waals surface area contributed by atoms with Crippen LogP contribution in [0.15, 0.2) is 48.5 Å². The number of carbonyl (C=O) groups is 1. The van der Waals surface area contributed by atoms with Crippen molar-refractivity contribution in [1.82, 2.24) is 4.90 Å². The Bertz CT molecular complexity index is 767. The van der Waals surface area contributed by atoms with Gasteiger partial charge in [-0.25, -0.2) is 4.39 Å². The van der Waals surface area contributed by atoms with Gasteiger partial charge in [0, 0.05) is 12.1 Å². The molecule has 4 nitrogen and oxygen atoms in total. The summed E-state index contributed by atoms with van der Waals surface area (Å²) in [6.07, 6.45) is -0.205. The highest BCUT2D eigenvalue weighted by Gasteiger charge is 2.35. The largest absolute Gasteiger partial charge is 0.391 e. The highest BCUT2D eigenvalue weighted by molar-refractivity contribution is 5.95. The van der Waals surface area contributed by atoms with Crippen LogP contribution < -0.4 is 0 Å². The van der Waals surface area contributed by atoms with Crippen LogP contribution in [-0.4, -0.2) is 28.6 Å². The molecule has 3 rings (SSSR count). The summed E-state index contributed by atoms with van der Waals surface area (Å²) >= 11 is 0. The minimum atomic E-state index is -0.617. The highest BCUT2D eigenvalue weighted by atomic mass is 19.1. The lowest BCUT2D eigenvalue weighted by Gasteiger charge is -2.25. The van der Waals surface area contributed by atoms with E-state index < -0.39 is 6.10 Å². The van der Waals surface area contributed by atoms with Crippen molar-refractivity contribution in [3.63, 3.8) is 0 Å². The Morgan fingerprint density at radius 1 is 1.26 bits per heavy atom. The smallest absolute Gasteiger partial charge is 0.254 e. The number of nitriles is 1. The number of amides is 1. The Morgan fingerprint density at radius 2 is 2.00 bits per heavy atom. The van der Waals surface area contributed by atoms with E-state index >= 15 is 0 Å². The first-order chi connectivity index (χ1) is 11.1. The fourth-order valence-corrected chi connectivity index (χ4v) is 2.93. The Labute approximate surface area is 133 Å². The van der Waals surface area contributed by atoms with Crippen LogP contribution in [0.2, 0.25) is 0 Å². The molecule has 1 aliphatic heterocycles. The molecule has 0 aliphatic carbocycles. The standard InChI is InChI=1S/C18H15FN2O2/c19-15-6-4-13(5-7-15)17-9-16(22)11-21(17)18(23)14-3-1-2-12(8-14)10-20/h1-8,16-17,22H,9,11H2. The van der Waals surface area contributed by atoms with Crippen molar-refractivity contribution in [3.8, 4) is 6.07 Å². The summed E-state index contributed by atoms with van der Waals surface area (Å²) in [6.45, 7) is 0.220. The highest BCUT2D eigenvalue weighted by Crippen LogP contribution is 2.33. The molecule has 1 saturated heterocycles. The zero-order valence-corrected chi connectivity index (χ0v) is 12.3. The molecule has 2 atom stereocenters.